The summed E-state index contributed by atoms with van der Waals surface area (Å²) in [5.74, 6) is 0.109. The van der Waals surface area contributed by atoms with Crippen molar-refractivity contribution < 1.29 is 14.3 Å². The van der Waals surface area contributed by atoms with Gasteiger partial charge in [-0.15, -0.1) is 0 Å². The van der Waals surface area contributed by atoms with Crippen molar-refractivity contribution >= 4 is 22.9 Å². The maximum Gasteiger partial charge on any atom is 0.435 e. The van der Waals surface area contributed by atoms with E-state index in [1.165, 1.54) is 4.68 Å². The van der Waals surface area contributed by atoms with E-state index < -0.39 is 11.7 Å². The number of benzene rings is 1. The highest BCUT2D eigenvalue weighted by Gasteiger charge is 2.40. The smallest absolute Gasteiger partial charge is 0.435 e. The molecule has 0 bridgehead atoms. The van der Waals surface area contributed by atoms with Gasteiger partial charge in [-0.3, -0.25) is 4.79 Å². The van der Waals surface area contributed by atoms with Crippen LogP contribution in [0.2, 0.25) is 0 Å². The molecule has 2 aliphatic carbocycles. The summed E-state index contributed by atoms with van der Waals surface area (Å²) in [6.07, 6.45) is 7.74. The molecule has 1 fully saturated rings. The Bertz CT molecular complexity index is 1200. The lowest BCUT2D eigenvalue weighted by molar-refractivity contribution is 0.0513. The van der Waals surface area contributed by atoms with Crippen LogP contribution < -0.4 is 0 Å². The number of amides is 1. The minimum atomic E-state index is -0.570. The predicted octanol–water partition coefficient (Wildman–Crippen LogP) is 4.32. The Kier molecular flexibility index (Phi) is 4.87. The lowest BCUT2D eigenvalue weighted by atomic mass is 9.91. The van der Waals surface area contributed by atoms with Crippen molar-refractivity contribution in [2.45, 2.75) is 70.6 Å². The molecule has 3 aromatic rings. The van der Waals surface area contributed by atoms with Crippen molar-refractivity contribution in [3.05, 3.63) is 53.5 Å². The van der Waals surface area contributed by atoms with Crippen LogP contribution >= 0.6 is 0 Å². The maximum atomic E-state index is 13.8. The van der Waals surface area contributed by atoms with Gasteiger partial charge in [-0.05, 0) is 76.6 Å². The molecular weight excluding hydrogens is 404 g/mol. The number of rotatable bonds is 3. The highest BCUT2D eigenvalue weighted by molar-refractivity contribution is 6.06. The molecule has 0 spiro atoms. The SMILES string of the molecule is Cn1ccc2c(C(=O)N(C3CC3)C3CCc4nn(C(=O)OC(C)(C)C)cc4C3)cccc21. The van der Waals surface area contributed by atoms with E-state index in [-0.39, 0.29) is 11.9 Å². The van der Waals surface area contributed by atoms with Crippen LogP contribution in [0.1, 0.15) is 61.6 Å². The van der Waals surface area contributed by atoms with Gasteiger partial charge in [-0.2, -0.15) is 9.78 Å². The molecule has 2 heterocycles. The van der Waals surface area contributed by atoms with Crippen molar-refractivity contribution in [1.82, 2.24) is 19.2 Å². The second-order valence-electron chi connectivity index (χ2n) is 10.0. The molecule has 1 atom stereocenters. The van der Waals surface area contributed by atoms with E-state index in [1.54, 1.807) is 6.20 Å². The maximum absolute atomic E-state index is 13.8. The van der Waals surface area contributed by atoms with Crippen LogP contribution in [0.5, 0.6) is 0 Å². The zero-order chi connectivity index (χ0) is 22.6. The molecule has 0 saturated heterocycles. The highest BCUT2D eigenvalue weighted by Crippen LogP contribution is 2.36. The largest absolute Gasteiger partial charge is 0.442 e. The van der Waals surface area contributed by atoms with Crippen LogP contribution in [-0.4, -0.2) is 48.9 Å². The van der Waals surface area contributed by atoms with Crippen LogP contribution in [0.4, 0.5) is 4.79 Å². The first-order valence-electron chi connectivity index (χ1n) is 11.4. The summed E-state index contributed by atoms with van der Waals surface area (Å²) in [4.78, 5) is 28.3. The van der Waals surface area contributed by atoms with E-state index in [0.717, 1.165) is 53.4 Å². The second kappa shape index (κ2) is 7.50. The zero-order valence-corrected chi connectivity index (χ0v) is 19.2. The molecule has 168 valence electrons. The summed E-state index contributed by atoms with van der Waals surface area (Å²) >= 11 is 0. The molecule has 0 aliphatic heterocycles. The van der Waals surface area contributed by atoms with Crippen LogP contribution in [-0.2, 0) is 24.6 Å². The Labute approximate surface area is 187 Å². The van der Waals surface area contributed by atoms with E-state index in [2.05, 4.69) is 10.00 Å². The predicted molar refractivity (Wildman–Crippen MR) is 122 cm³/mol. The summed E-state index contributed by atoms with van der Waals surface area (Å²) < 4.78 is 8.82. The van der Waals surface area contributed by atoms with Crippen molar-refractivity contribution in [1.29, 1.82) is 0 Å². The standard InChI is InChI=1S/C25H30N4O3/c1-25(2,3)32-24(31)28-15-16-14-18(10-11-21(16)26-28)29(17-8-9-17)23(30)20-6-5-7-22-19(20)12-13-27(22)4/h5-7,12-13,15,17-18H,8-11,14H2,1-4H3. The van der Waals surface area contributed by atoms with Gasteiger partial charge in [0.1, 0.15) is 5.60 Å². The Morgan fingerprint density at radius 1 is 1.12 bits per heavy atom. The van der Waals surface area contributed by atoms with Crippen molar-refractivity contribution in [2.75, 3.05) is 0 Å². The molecule has 0 N–H and O–H groups in total. The van der Waals surface area contributed by atoms with E-state index >= 15 is 0 Å². The minimum absolute atomic E-state index is 0.109. The molecule has 7 nitrogen and oxygen atoms in total. The molecule has 32 heavy (non-hydrogen) atoms. The van der Waals surface area contributed by atoms with Crippen molar-refractivity contribution in [2.24, 2.45) is 7.05 Å². The van der Waals surface area contributed by atoms with Gasteiger partial charge in [0.25, 0.3) is 5.91 Å². The molecule has 1 amide bonds. The zero-order valence-electron chi connectivity index (χ0n) is 19.2. The first-order valence-corrected chi connectivity index (χ1v) is 11.4. The number of fused-ring (bicyclic) bond motifs is 2. The first-order chi connectivity index (χ1) is 15.2. The fourth-order valence-electron chi connectivity index (χ4n) is 4.74. The normalized spacial score (nSPS) is 18.4. The van der Waals surface area contributed by atoms with Gasteiger partial charge in [0.15, 0.2) is 0 Å². The van der Waals surface area contributed by atoms with Gasteiger partial charge in [0.05, 0.1) is 5.69 Å². The van der Waals surface area contributed by atoms with Gasteiger partial charge < -0.3 is 14.2 Å². The molecule has 1 unspecified atom stereocenters. The highest BCUT2D eigenvalue weighted by atomic mass is 16.6. The Morgan fingerprint density at radius 2 is 1.91 bits per heavy atom. The van der Waals surface area contributed by atoms with Crippen LogP contribution in [0.25, 0.3) is 10.9 Å². The van der Waals surface area contributed by atoms with Crippen LogP contribution in [0.3, 0.4) is 0 Å². The van der Waals surface area contributed by atoms with E-state index in [0.29, 0.717) is 12.5 Å². The molecule has 0 radical (unpaired) electrons. The number of nitrogens with zero attached hydrogens (tertiary/aromatic N) is 4. The van der Waals surface area contributed by atoms with Gasteiger partial charge >= 0.3 is 6.09 Å². The quantitative estimate of drug-likeness (QED) is 0.616. The van der Waals surface area contributed by atoms with Gasteiger partial charge in [-0.25, -0.2) is 4.79 Å². The minimum Gasteiger partial charge on any atom is -0.442 e. The number of carbonyl (C=O) groups is 2. The third kappa shape index (κ3) is 3.80. The monoisotopic (exact) mass is 434 g/mol. The first kappa shape index (κ1) is 20.8. The summed E-state index contributed by atoms with van der Waals surface area (Å²) in [5, 5.41) is 5.47. The molecule has 1 aromatic carbocycles. The van der Waals surface area contributed by atoms with E-state index in [9.17, 15) is 9.59 Å². The molecule has 5 rings (SSSR count). The number of ether oxygens (including phenoxy) is 1. The average Bonchev–Trinajstić information content (AvgIpc) is 3.35. The van der Waals surface area contributed by atoms with Crippen LogP contribution in [0.15, 0.2) is 36.7 Å². The summed E-state index contributed by atoms with van der Waals surface area (Å²) in [6, 6.07) is 8.38. The Hall–Kier alpha value is -3.09. The third-order valence-corrected chi connectivity index (χ3v) is 6.35. The summed E-state index contributed by atoms with van der Waals surface area (Å²) in [5.41, 5.74) is 3.23. The fraction of sp³-hybridized carbons (Fsp3) is 0.480. The van der Waals surface area contributed by atoms with Gasteiger partial charge in [0.2, 0.25) is 0 Å². The third-order valence-electron chi connectivity index (χ3n) is 6.35. The molecule has 2 aromatic heterocycles. The van der Waals surface area contributed by atoms with Gasteiger partial charge in [-0.1, -0.05) is 6.07 Å². The fourth-order valence-corrected chi connectivity index (χ4v) is 4.74. The van der Waals surface area contributed by atoms with Gasteiger partial charge in [0, 0.05) is 48.0 Å². The number of hydrogen-bond acceptors (Lipinski definition) is 4. The molecular formula is C25H30N4O3. The number of aryl methyl sites for hydroxylation is 2. The number of aromatic nitrogens is 3. The van der Waals surface area contributed by atoms with E-state index in [4.69, 9.17) is 4.74 Å². The topological polar surface area (TPSA) is 69.4 Å². The molecule has 1 saturated carbocycles. The molecule has 7 heteroatoms. The molecule has 2 aliphatic rings. The number of carbonyl (C=O) groups excluding carboxylic acids is 2. The summed E-state index contributed by atoms with van der Waals surface area (Å²) in [6.45, 7) is 5.53. The summed E-state index contributed by atoms with van der Waals surface area (Å²) in [7, 11) is 2.00. The van der Waals surface area contributed by atoms with Crippen LogP contribution in [0, 0.1) is 0 Å². The van der Waals surface area contributed by atoms with Crippen molar-refractivity contribution in [3.8, 4) is 0 Å². The van der Waals surface area contributed by atoms with Crippen molar-refractivity contribution in [3.63, 3.8) is 0 Å². The van der Waals surface area contributed by atoms with E-state index in [1.807, 2.05) is 62.8 Å². The lowest BCUT2D eigenvalue weighted by Crippen LogP contribution is -2.44. The Balaban J connectivity index is 1.40. The second-order valence-corrected chi connectivity index (χ2v) is 10.0. The Morgan fingerprint density at radius 3 is 2.62 bits per heavy atom. The lowest BCUT2D eigenvalue weighted by Gasteiger charge is -2.34. The number of hydrogen-bond donors (Lipinski definition) is 0. The average molecular weight is 435 g/mol.